The summed E-state index contributed by atoms with van der Waals surface area (Å²) in [6.07, 6.45) is 4.90. The number of rotatable bonds is 4. The molecule has 1 aromatic rings. The van der Waals surface area contributed by atoms with Crippen LogP contribution in [0.1, 0.15) is 44.3 Å². The van der Waals surface area contributed by atoms with Crippen LogP contribution < -0.4 is 5.32 Å². The Balaban J connectivity index is 1.70. The van der Waals surface area contributed by atoms with Gasteiger partial charge in [-0.25, -0.2) is 9.97 Å². The van der Waals surface area contributed by atoms with E-state index in [1.165, 1.54) is 12.8 Å². The van der Waals surface area contributed by atoms with Crippen molar-refractivity contribution in [1.29, 1.82) is 0 Å². The number of nitrogens with zero attached hydrogens (tertiary/aromatic N) is 2. The average molecular weight is 268 g/mol. The van der Waals surface area contributed by atoms with Crippen molar-refractivity contribution in [2.45, 2.75) is 50.7 Å². The molecule has 2 fully saturated rings. The first-order chi connectivity index (χ1) is 8.72. The molecule has 98 valence electrons. The van der Waals surface area contributed by atoms with E-state index < -0.39 is 0 Å². The Labute approximate surface area is 112 Å². The van der Waals surface area contributed by atoms with Gasteiger partial charge in [-0.05, 0) is 32.6 Å². The molecule has 0 spiro atoms. The first-order valence-corrected chi connectivity index (χ1v) is 7.03. The van der Waals surface area contributed by atoms with Crippen LogP contribution in [0.3, 0.4) is 0 Å². The third kappa shape index (κ3) is 2.75. The quantitative estimate of drug-likeness (QED) is 0.852. The summed E-state index contributed by atoms with van der Waals surface area (Å²) in [5, 5.41) is 3.91. The Morgan fingerprint density at radius 3 is 2.89 bits per heavy atom. The van der Waals surface area contributed by atoms with Crippen LogP contribution in [0.5, 0.6) is 0 Å². The van der Waals surface area contributed by atoms with E-state index in [2.05, 4.69) is 22.2 Å². The second-order valence-corrected chi connectivity index (χ2v) is 5.58. The minimum atomic E-state index is 0.255. The van der Waals surface area contributed by atoms with E-state index >= 15 is 0 Å². The second-order valence-electron chi connectivity index (χ2n) is 5.19. The van der Waals surface area contributed by atoms with Crippen LogP contribution in [0.15, 0.2) is 6.07 Å². The van der Waals surface area contributed by atoms with Gasteiger partial charge in [0.1, 0.15) is 16.8 Å². The molecule has 2 heterocycles. The van der Waals surface area contributed by atoms with Crippen molar-refractivity contribution in [3.63, 3.8) is 0 Å². The predicted octanol–water partition coefficient (Wildman–Crippen LogP) is 2.99. The monoisotopic (exact) mass is 267 g/mol. The Morgan fingerprint density at radius 1 is 1.39 bits per heavy atom. The van der Waals surface area contributed by atoms with E-state index in [0.717, 1.165) is 31.1 Å². The highest BCUT2D eigenvalue weighted by Gasteiger charge is 2.28. The molecule has 2 aliphatic rings. The number of nitrogens with one attached hydrogen (secondary N) is 1. The highest BCUT2D eigenvalue weighted by Crippen LogP contribution is 2.38. The van der Waals surface area contributed by atoms with E-state index in [0.29, 0.717) is 11.1 Å². The Bertz CT molecular complexity index is 430. The van der Waals surface area contributed by atoms with Crippen molar-refractivity contribution in [3.05, 3.63) is 17.0 Å². The number of hydrogen-bond donors (Lipinski definition) is 1. The van der Waals surface area contributed by atoms with Crippen molar-refractivity contribution in [2.75, 3.05) is 11.9 Å². The van der Waals surface area contributed by atoms with Crippen LogP contribution >= 0.6 is 11.6 Å². The van der Waals surface area contributed by atoms with Gasteiger partial charge < -0.3 is 10.1 Å². The normalized spacial score (nSPS) is 25.1. The molecule has 1 N–H and O–H groups in total. The highest BCUT2D eigenvalue weighted by atomic mass is 35.5. The standard InChI is InChI=1S/C13H18ClN3O/c1-8(10-3-2-6-18-10)15-12-7-11(14)16-13(17-12)9-4-5-9/h7-10H,2-6H2,1H3,(H,15,16,17). The molecule has 5 heteroatoms. The van der Waals surface area contributed by atoms with Crippen molar-refractivity contribution >= 4 is 17.4 Å². The van der Waals surface area contributed by atoms with Crippen molar-refractivity contribution in [2.24, 2.45) is 0 Å². The fourth-order valence-corrected chi connectivity index (χ4v) is 2.55. The predicted molar refractivity (Wildman–Crippen MR) is 71.1 cm³/mol. The van der Waals surface area contributed by atoms with Crippen LogP contribution in [0, 0.1) is 0 Å². The molecule has 4 nitrogen and oxygen atoms in total. The fraction of sp³-hybridized carbons (Fsp3) is 0.692. The van der Waals surface area contributed by atoms with Crippen LogP contribution in [0.4, 0.5) is 5.82 Å². The van der Waals surface area contributed by atoms with Crippen molar-refractivity contribution < 1.29 is 4.74 Å². The molecule has 2 atom stereocenters. The third-order valence-electron chi connectivity index (χ3n) is 3.55. The summed E-state index contributed by atoms with van der Waals surface area (Å²) in [5.74, 6) is 2.21. The Hall–Kier alpha value is -0.870. The van der Waals surface area contributed by atoms with Gasteiger partial charge in [0.25, 0.3) is 0 Å². The lowest BCUT2D eigenvalue weighted by molar-refractivity contribution is 0.0995. The third-order valence-corrected chi connectivity index (χ3v) is 3.75. The molecule has 18 heavy (non-hydrogen) atoms. The molecule has 0 bridgehead atoms. The van der Waals surface area contributed by atoms with Crippen molar-refractivity contribution in [3.8, 4) is 0 Å². The number of hydrogen-bond acceptors (Lipinski definition) is 4. The van der Waals surface area contributed by atoms with Crippen LogP contribution in [0.25, 0.3) is 0 Å². The van der Waals surface area contributed by atoms with Gasteiger partial charge in [0.05, 0.1) is 12.1 Å². The van der Waals surface area contributed by atoms with Gasteiger partial charge in [-0.1, -0.05) is 11.6 Å². The van der Waals surface area contributed by atoms with Gasteiger partial charge in [0.2, 0.25) is 0 Å². The minimum Gasteiger partial charge on any atom is -0.376 e. The van der Waals surface area contributed by atoms with Crippen LogP contribution in [0.2, 0.25) is 5.15 Å². The van der Waals surface area contributed by atoms with Crippen LogP contribution in [-0.4, -0.2) is 28.7 Å². The summed E-state index contributed by atoms with van der Waals surface area (Å²) in [4.78, 5) is 8.83. The fourth-order valence-electron chi connectivity index (χ4n) is 2.36. The molecular weight excluding hydrogens is 250 g/mol. The molecule has 1 saturated heterocycles. The number of ether oxygens (including phenoxy) is 1. The lowest BCUT2D eigenvalue weighted by Crippen LogP contribution is -2.30. The number of aromatic nitrogens is 2. The lowest BCUT2D eigenvalue weighted by Gasteiger charge is -2.20. The molecule has 1 aromatic heterocycles. The molecule has 1 aliphatic heterocycles. The molecule has 2 unspecified atom stereocenters. The Morgan fingerprint density at radius 2 is 2.22 bits per heavy atom. The zero-order valence-corrected chi connectivity index (χ0v) is 11.3. The van der Waals surface area contributed by atoms with Crippen LogP contribution in [-0.2, 0) is 4.74 Å². The molecule has 0 amide bonds. The smallest absolute Gasteiger partial charge is 0.135 e. The molecular formula is C13H18ClN3O. The van der Waals surface area contributed by atoms with E-state index in [9.17, 15) is 0 Å². The summed E-state index contributed by atoms with van der Waals surface area (Å²) >= 11 is 6.04. The van der Waals surface area contributed by atoms with E-state index in [-0.39, 0.29) is 12.1 Å². The molecule has 3 rings (SSSR count). The van der Waals surface area contributed by atoms with Gasteiger partial charge >= 0.3 is 0 Å². The van der Waals surface area contributed by atoms with Gasteiger partial charge in [-0.3, -0.25) is 0 Å². The SMILES string of the molecule is CC(Nc1cc(Cl)nc(C2CC2)n1)C1CCCO1. The molecule has 0 radical (unpaired) electrons. The van der Waals surface area contributed by atoms with Gasteiger partial charge in [0, 0.05) is 18.6 Å². The average Bonchev–Trinajstić information content (AvgIpc) is 3.03. The lowest BCUT2D eigenvalue weighted by atomic mass is 10.1. The number of halogens is 1. The second kappa shape index (κ2) is 5.02. The molecule has 1 saturated carbocycles. The van der Waals surface area contributed by atoms with Crippen molar-refractivity contribution in [1.82, 2.24) is 9.97 Å². The first-order valence-electron chi connectivity index (χ1n) is 6.65. The van der Waals surface area contributed by atoms with Gasteiger partial charge in [-0.2, -0.15) is 0 Å². The minimum absolute atomic E-state index is 0.255. The molecule has 1 aliphatic carbocycles. The maximum atomic E-state index is 6.04. The summed E-state index contributed by atoms with van der Waals surface area (Å²) in [6.45, 7) is 3.00. The van der Waals surface area contributed by atoms with E-state index in [1.54, 1.807) is 6.07 Å². The molecule has 0 aromatic carbocycles. The Kier molecular flexibility index (Phi) is 3.39. The zero-order valence-electron chi connectivity index (χ0n) is 10.5. The van der Waals surface area contributed by atoms with E-state index in [4.69, 9.17) is 16.3 Å². The van der Waals surface area contributed by atoms with E-state index in [1.807, 2.05) is 0 Å². The summed E-state index contributed by atoms with van der Waals surface area (Å²) in [7, 11) is 0. The maximum Gasteiger partial charge on any atom is 0.135 e. The number of anilines is 1. The topological polar surface area (TPSA) is 47.0 Å². The largest absolute Gasteiger partial charge is 0.376 e. The first kappa shape index (κ1) is 12.2. The maximum absolute atomic E-state index is 6.04. The van der Waals surface area contributed by atoms with Gasteiger partial charge in [-0.15, -0.1) is 0 Å². The summed E-state index contributed by atoms with van der Waals surface area (Å²) in [6, 6.07) is 2.05. The summed E-state index contributed by atoms with van der Waals surface area (Å²) < 4.78 is 5.67. The highest BCUT2D eigenvalue weighted by molar-refractivity contribution is 6.29. The van der Waals surface area contributed by atoms with Gasteiger partial charge in [0.15, 0.2) is 0 Å². The summed E-state index contributed by atoms with van der Waals surface area (Å²) in [5.41, 5.74) is 0. The zero-order chi connectivity index (χ0) is 12.5.